The molecule has 18 heavy (non-hydrogen) atoms. The molecule has 0 saturated heterocycles. The van der Waals surface area contributed by atoms with Gasteiger partial charge in [-0.05, 0) is 26.3 Å². The van der Waals surface area contributed by atoms with Crippen LogP contribution in [-0.4, -0.2) is 29.4 Å². The zero-order valence-electron chi connectivity index (χ0n) is 11.1. The monoisotopic (exact) mass is 251 g/mol. The second kappa shape index (κ2) is 6.40. The van der Waals surface area contributed by atoms with Crippen LogP contribution in [0.25, 0.3) is 0 Å². The van der Waals surface area contributed by atoms with E-state index in [9.17, 15) is 9.90 Å². The quantitative estimate of drug-likeness (QED) is 0.861. The molecule has 0 aliphatic heterocycles. The Morgan fingerprint density at radius 1 is 1.33 bits per heavy atom. The van der Waals surface area contributed by atoms with E-state index in [1.807, 2.05) is 51.1 Å². The van der Waals surface area contributed by atoms with Gasteiger partial charge in [0.15, 0.2) is 0 Å². The number of carbonyl (C=O) groups is 1. The van der Waals surface area contributed by atoms with Gasteiger partial charge in [0.1, 0.15) is 6.10 Å². The molecule has 1 amide bonds. The molecule has 0 saturated carbocycles. The summed E-state index contributed by atoms with van der Waals surface area (Å²) in [5, 5.41) is 11.9. The lowest BCUT2D eigenvalue weighted by Crippen LogP contribution is -2.43. The van der Waals surface area contributed by atoms with Crippen molar-refractivity contribution in [3.63, 3.8) is 0 Å². The molecule has 1 rings (SSSR count). The first kappa shape index (κ1) is 14.5. The van der Waals surface area contributed by atoms with Crippen molar-refractivity contribution in [1.82, 2.24) is 5.32 Å². The Morgan fingerprint density at radius 2 is 1.94 bits per heavy atom. The molecule has 4 nitrogen and oxygen atoms in total. The Balaban J connectivity index is 2.50. The van der Waals surface area contributed by atoms with E-state index in [0.717, 1.165) is 5.56 Å². The molecule has 4 heteroatoms. The third kappa shape index (κ3) is 5.68. The topological polar surface area (TPSA) is 58.6 Å². The highest BCUT2D eigenvalue weighted by atomic mass is 16.6. The molecular formula is C14H21NO3. The summed E-state index contributed by atoms with van der Waals surface area (Å²) >= 11 is 0. The fourth-order valence-electron chi connectivity index (χ4n) is 1.51. The summed E-state index contributed by atoms with van der Waals surface area (Å²) in [6.45, 7) is 5.44. The van der Waals surface area contributed by atoms with Crippen LogP contribution in [0.5, 0.6) is 0 Å². The number of aliphatic hydroxyl groups is 1. The molecule has 2 N–H and O–H groups in total. The lowest BCUT2D eigenvalue weighted by atomic mass is 10.1. The van der Waals surface area contributed by atoms with Crippen LogP contribution in [0.4, 0.5) is 4.79 Å². The van der Waals surface area contributed by atoms with Crippen LogP contribution in [0.1, 0.15) is 26.3 Å². The van der Waals surface area contributed by atoms with Crippen molar-refractivity contribution in [2.24, 2.45) is 0 Å². The molecule has 0 radical (unpaired) electrons. The number of aliphatic hydroxyl groups excluding tert-OH is 1. The molecule has 0 spiro atoms. The standard InChI is InChI=1S/C14H21NO3/c1-14(2,3)15-13(17)18-12(10-16)9-11-7-5-4-6-8-11/h4-8,12,16H,9-10H2,1-3H3,(H,15,17)/t12-/m0/s1. The van der Waals surface area contributed by atoms with Crippen molar-refractivity contribution in [2.75, 3.05) is 6.61 Å². The van der Waals surface area contributed by atoms with E-state index in [0.29, 0.717) is 6.42 Å². The zero-order chi connectivity index (χ0) is 13.6. The van der Waals surface area contributed by atoms with Crippen molar-refractivity contribution < 1.29 is 14.6 Å². The highest BCUT2D eigenvalue weighted by Crippen LogP contribution is 2.07. The second-order valence-corrected chi connectivity index (χ2v) is 5.27. The Hall–Kier alpha value is -1.55. The van der Waals surface area contributed by atoms with Crippen molar-refractivity contribution in [3.05, 3.63) is 35.9 Å². The maximum Gasteiger partial charge on any atom is 0.407 e. The van der Waals surface area contributed by atoms with Crippen molar-refractivity contribution in [1.29, 1.82) is 0 Å². The number of amides is 1. The summed E-state index contributed by atoms with van der Waals surface area (Å²) in [4.78, 5) is 11.6. The minimum atomic E-state index is -0.519. The summed E-state index contributed by atoms with van der Waals surface area (Å²) in [5.41, 5.74) is 0.684. The number of alkyl carbamates (subject to hydrolysis) is 1. The first-order chi connectivity index (χ1) is 8.40. The third-order valence-electron chi connectivity index (χ3n) is 2.26. The van der Waals surface area contributed by atoms with E-state index in [4.69, 9.17) is 4.74 Å². The minimum Gasteiger partial charge on any atom is -0.443 e. The van der Waals surface area contributed by atoms with Gasteiger partial charge in [-0.15, -0.1) is 0 Å². The Labute approximate surface area is 108 Å². The summed E-state index contributed by atoms with van der Waals surface area (Å²) in [6.07, 6.45) is -0.512. The molecule has 0 heterocycles. The van der Waals surface area contributed by atoms with Crippen LogP contribution < -0.4 is 5.32 Å². The summed E-state index contributed by atoms with van der Waals surface area (Å²) < 4.78 is 5.18. The average molecular weight is 251 g/mol. The van der Waals surface area contributed by atoms with E-state index in [1.165, 1.54) is 0 Å². The normalized spacial score (nSPS) is 12.9. The van der Waals surface area contributed by atoms with E-state index in [-0.39, 0.29) is 12.1 Å². The first-order valence-electron chi connectivity index (χ1n) is 6.04. The molecule has 0 fully saturated rings. The maximum absolute atomic E-state index is 11.6. The molecule has 0 bridgehead atoms. The van der Waals surface area contributed by atoms with Crippen LogP contribution in [0, 0.1) is 0 Å². The molecule has 0 aliphatic carbocycles. The van der Waals surface area contributed by atoms with Gasteiger partial charge in [-0.25, -0.2) is 4.79 Å². The van der Waals surface area contributed by atoms with Crippen LogP contribution >= 0.6 is 0 Å². The van der Waals surface area contributed by atoms with Gasteiger partial charge in [0.05, 0.1) is 6.61 Å². The van der Waals surface area contributed by atoms with Gasteiger partial charge < -0.3 is 15.2 Å². The maximum atomic E-state index is 11.6. The smallest absolute Gasteiger partial charge is 0.407 e. The predicted octanol–water partition coefficient (Wildman–Crippen LogP) is 2.11. The number of nitrogens with one attached hydrogen (secondary N) is 1. The first-order valence-corrected chi connectivity index (χ1v) is 6.04. The Kier molecular flexibility index (Phi) is 5.16. The molecule has 0 unspecified atom stereocenters. The molecule has 1 aromatic rings. The predicted molar refractivity (Wildman–Crippen MR) is 70.4 cm³/mol. The lowest BCUT2D eigenvalue weighted by molar-refractivity contribution is 0.0538. The zero-order valence-corrected chi connectivity index (χ0v) is 11.1. The van der Waals surface area contributed by atoms with Crippen LogP contribution in [-0.2, 0) is 11.2 Å². The lowest BCUT2D eigenvalue weighted by Gasteiger charge is -2.22. The van der Waals surface area contributed by atoms with Gasteiger partial charge in [-0.3, -0.25) is 0 Å². The Bertz CT molecular complexity index is 370. The van der Waals surface area contributed by atoms with Crippen LogP contribution in [0.3, 0.4) is 0 Å². The molecule has 0 aliphatic rings. The van der Waals surface area contributed by atoms with Crippen molar-refractivity contribution in [3.8, 4) is 0 Å². The van der Waals surface area contributed by atoms with Gasteiger partial charge in [0.25, 0.3) is 0 Å². The highest BCUT2D eigenvalue weighted by molar-refractivity contribution is 5.68. The summed E-state index contributed by atoms with van der Waals surface area (Å²) in [6, 6.07) is 9.63. The average Bonchev–Trinajstić information content (AvgIpc) is 2.27. The fraction of sp³-hybridized carbons (Fsp3) is 0.500. The van der Waals surface area contributed by atoms with Gasteiger partial charge in [0, 0.05) is 12.0 Å². The largest absolute Gasteiger partial charge is 0.443 e. The summed E-state index contributed by atoms with van der Waals surface area (Å²) in [5.74, 6) is 0. The number of hydrogen-bond donors (Lipinski definition) is 2. The number of carbonyl (C=O) groups excluding carboxylic acids is 1. The second-order valence-electron chi connectivity index (χ2n) is 5.27. The molecule has 1 aromatic carbocycles. The number of benzene rings is 1. The minimum absolute atomic E-state index is 0.188. The van der Waals surface area contributed by atoms with E-state index in [2.05, 4.69) is 5.32 Å². The number of hydrogen-bond acceptors (Lipinski definition) is 3. The van der Waals surface area contributed by atoms with Crippen molar-refractivity contribution in [2.45, 2.75) is 38.8 Å². The van der Waals surface area contributed by atoms with Gasteiger partial charge in [0.2, 0.25) is 0 Å². The molecule has 1 atom stereocenters. The van der Waals surface area contributed by atoms with E-state index >= 15 is 0 Å². The van der Waals surface area contributed by atoms with Gasteiger partial charge >= 0.3 is 6.09 Å². The number of rotatable bonds is 4. The van der Waals surface area contributed by atoms with Crippen LogP contribution in [0.2, 0.25) is 0 Å². The highest BCUT2D eigenvalue weighted by Gasteiger charge is 2.18. The van der Waals surface area contributed by atoms with Gasteiger partial charge in [-0.1, -0.05) is 30.3 Å². The fourth-order valence-corrected chi connectivity index (χ4v) is 1.51. The molecular weight excluding hydrogens is 230 g/mol. The van der Waals surface area contributed by atoms with E-state index in [1.54, 1.807) is 0 Å². The molecule has 100 valence electrons. The number of ether oxygens (including phenoxy) is 1. The van der Waals surface area contributed by atoms with E-state index < -0.39 is 12.2 Å². The van der Waals surface area contributed by atoms with Crippen molar-refractivity contribution >= 4 is 6.09 Å². The van der Waals surface area contributed by atoms with Gasteiger partial charge in [-0.2, -0.15) is 0 Å². The SMILES string of the molecule is CC(C)(C)NC(=O)O[C@H](CO)Cc1ccccc1. The molecule has 0 aromatic heterocycles. The third-order valence-corrected chi connectivity index (χ3v) is 2.26. The van der Waals surface area contributed by atoms with Crippen LogP contribution in [0.15, 0.2) is 30.3 Å². The Morgan fingerprint density at radius 3 is 2.44 bits per heavy atom. The summed E-state index contributed by atoms with van der Waals surface area (Å²) in [7, 11) is 0.